The Morgan fingerprint density at radius 2 is 2.17 bits per heavy atom. The van der Waals surface area contributed by atoms with Crippen LogP contribution in [0.4, 0.5) is 0 Å². The van der Waals surface area contributed by atoms with Gasteiger partial charge in [0, 0.05) is 12.7 Å². The summed E-state index contributed by atoms with van der Waals surface area (Å²) in [6, 6.07) is 5.84. The van der Waals surface area contributed by atoms with E-state index in [1.165, 1.54) is 0 Å². The first-order valence-electron chi connectivity index (χ1n) is 5.91. The Hall–Kier alpha value is -1.03. The van der Waals surface area contributed by atoms with Crippen LogP contribution in [0.25, 0.3) is 5.69 Å². The van der Waals surface area contributed by atoms with Crippen molar-refractivity contribution in [1.29, 1.82) is 0 Å². The van der Waals surface area contributed by atoms with Crippen molar-refractivity contribution in [2.45, 2.75) is 19.9 Å². The first-order valence-corrected chi connectivity index (χ1v) is 6.66. The molecule has 1 aromatic carbocycles. The molecular weight excluding hydrogens is 269 g/mol. The second-order valence-corrected chi connectivity index (χ2v) is 4.87. The maximum Gasteiger partial charge on any atom is 0.0877 e. The van der Waals surface area contributed by atoms with E-state index in [-0.39, 0.29) is 0 Å². The quantitative estimate of drug-likeness (QED) is 0.849. The molecule has 0 radical (unpaired) electrons. The first kappa shape index (κ1) is 13.4. The maximum atomic E-state index is 6.25. The molecule has 0 saturated heterocycles. The lowest BCUT2D eigenvalue weighted by atomic mass is 10.1. The summed E-state index contributed by atoms with van der Waals surface area (Å²) in [7, 11) is 0. The van der Waals surface area contributed by atoms with Crippen molar-refractivity contribution in [3.8, 4) is 5.69 Å². The van der Waals surface area contributed by atoms with Gasteiger partial charge in [-0.2, -0.15) is 5.10 Å². The Labute approximate surface area is 117 Å². The van der Waals surface area contributed by atoms with Crippen molar-refractivity contribution >= 4 is 23.2 Å². The molecule has 0 spiro atoms. The van der Waals surface area contributed by atoms with Crippen LogP contribution in [0, 0.1) is 0 Å². The summed E-state index contributed by atoms with van der Waals surface area (Å²) in [5.74, 6) is 0. The summed E-state index contributed by atoms with van der Waals surface area (Å²) in [6.07, 6.45) is 4.46. The van der Waals surface area contributed by atoms with Gasteiger partial charge in [-0.3, -0.25) is 0 Å². The lowest BCUT2D eigenvalue weighted by Gasteiger charge is -2.12. The van der Waals surface area contributed by atoms with Gasteiger partial charge in [0.05, 0.1) is 21.9 Å². The lowest BCUT2D eigenvalue weighted by Crippen LogP contribution is -2.15. The number of hydrogen-bond acceptors (Lipinski definition) is 2. The smallest absolute Gasteiger partial charge is 0.0877 e. The van der Waals surface area contributed by atoms with Gasteiger partial charge >= 0.3 is 0 Å². The average Bonchev–Trinajstić information content (AvgIpc) is 2.76. The fourth-order valence-corrected chi connectivity index (χ4v) is 2.20. The number of hydrogen-bond donors (Lipinski definition) is 1. The van der Waals surface area contributed by atoms with E-state index in [1.807, 2.05) is 18.2 Å². The van der Waals surface area contributed by atoms with Crippen LogP contribution in [0.3, 0.4) is 0 Å². The van der Waals surface area contributed by atoms with E-state index in [0.717, 1.165) is 30.8 Å². The van der Waals surface area contributed by atoms with Crippen LogP contribution in [0.15, 0.2) is 30.6 Å². The largest absolute Gasteiger partial charge is 0.313 e. The number of aromatic nitrogens is 2. The van der Waals surface area contributed by atoms with Crippen LogP contribution >= 0.6 is 23.2 Å². The molecule has 5 heteroatoms. The van der Waals surface area contributed by atoms with Crippen LogP contribution in [-0.4, -0.2) is 16.3 Å². The third-order valence-electron chi connectivity index (χ3n) is 2.59. The van der Waals surface area contributed by atoms with Crippen LogP contribution in [0.2, 0.25) is 10.0 Å². The minimum Gasteiger partial charge on any atom is -0.313 e. The Balaban J connectivity index is 2.32. The van der Waals surface area contributed by atoms with Crippen LogP contribution in [0.1, 0.15) is 18.9 Å². The van der Waals surface area contributed by atoms with Crippen molar-refractivity contribution in [2.75, 3.05) is 6.54 Å². The summed E-state index contributed by atoms with van der Waals surface area (Å²) < 4.78 is 1.72. The van der Waals surface area contributed by atoms with Gasteiger partial charge in [0.1, 0.15) is 0 Å². The lowest BCUT2D eigenvalue weighted by molar-refractivity contribution is 0.670. The SMILES string of the molecule is CCCNCc1cccc(Cl)c1-n1cc(Cl)cn1. The highest BCUT2D eigenvalue weighted by molar-refractivity contribution is 6.32. The highest BCUT2D eigenvalue weighted by Crippen LogP contribution is 2.25. The van der Waals surface area contributed by atoms with Crippen LogP contribution in [0.5, 0.6) is 0 Å². The van der Waals surface area contributed by atoms with Gasteiger partial charge in [0.15, 0.2) is 0 Å². The molecule has 3 nitrogen and oxygen atoms in total. The molecule has 0 bridgehead atoms. The monoisotopic (exact) mass is 283 g/mol. The second kappa shape index (κ2) is 6.23. The van der Waals surface area contributed by atoms with Gasteiger partial charge in [-0.15, -0.1) is 0 Å². The van der Waals surface area contributed by atoms with E-state index in [4.69, 9.17) is 23.2 Å². The molecule has 0 aliphatic heterocycles. The molecular formula is C13H15Cl2N3. The average molecular weight is 284 g/mol. The van der Waals surface area contributed by atoms with E-state index in [1.54, 1.807) is 17.1 Å². The van der Waals surface area contributed by atoms with E-state index >= 15 is 0 Å². The van der Waals surface area contributed by atoms with E-state index in [2.05, 4.69) is 17.3 Å². The molecule has 1 heterocycles. The minimum absolute atomic E-state index is 0.599. The molecule has 1 aromatic heterocycles. The highest BCUT2D eigenvalue weighted by Gasteiger charge is 2.10. The molecule has 1 N–H and O–H groups in total. The summed E-state index contributed by atoms with van der Waals surface area (Å²) in [5.41, 5.74) is 1.99. The van der Waals surface area contributed by atoms with E-state index in [9.17, 15) is 0 Å². The van der Waals surface area contributed by atoms with Gasteiger partial charge < -0.3 is 5.32 Å². The molecule has 0 fully saturated rings. The number of nitrogens with zero attached hydrogens (tertiary/aromatic N) is 2. The molecule has 18 heavy (non-hydrogen) atoms. The van der Waals surface area contributed by atoms with Crippen molar-refractivity contribution in [1.82, 2.24) is 15.1 Å². The van der Waals surface area contributed by atoms with Gasteiger partial charge in [-0.25, -0.2) is 4.68 Å². The molecule has 0 aliphatic rings. The first-order chi connectivity index (χ1) is 8.72. The standard InChI is InChI=1S/C13H15Cl2N3/c1-2-6-16-7-10-4-3-5-12(15)13(10)18-9-11(14)8-17-18/h3-5,8-9,16H,2,6-7H2,1H3. The topological polar surface area (TPSA) is 29.9 Å². The third kappa shape index (κ3) is 3.05. The maximum absolute atomic E-state index is 6.25. The molecule has 0 amide bonds. The Bertz CT molecular complexity index is 523. The molecule has 0 saturated carbocycles. The molecule has 2 rings (SSSR count). The number of para-hydroxylation sites is 1. The zero-order chi connectivity index (χ0) is 13.0. The highest BCUT2D eigenvalue weighted by atomic mass is 35.5. The molecule has 0 aliphatic carbocycles. The Kier molecular flexibility index (Phi) is 4.64. The molecule has 2 aromatic rings. The predicted molar refractivity (Wildman–Crippen MR) is 75.6 cm³/mol. The number of benzene rings is 1. The van der Waals surface area contributed by atoms with Gasteiger partial charge in [0.25, 0.3) is 0 Å². The third-order valence-corrected chi connectivity index (χ3v) is 3.09. The van der Waals surface area contributed by atoms with Gasteiger partial charge in [-0.05, 0) is 24.6 Å². The molecule has 96 valence electrons. The van der Waals surface area contributed by atoms with E-state index in [0.29, 0.717) is 10.0 Å². The van der Waals surface area contributed by atoms with Crippen molar-refractivity contribution in [3.05, 3.63) is 46.2 Å². The number of nitrogens with one attached hydrogen (secondary N) is 1. The normalized spacial score (nSPS) is 10.8. The number of rotatable bonds is 5. The van der Waals surface area contributed by atoms with Gasteiger partial charge in [-0.1, -0.05) is 42.3 Å². The van der Waals surface area contributed by atoms with Gasteiger partial charge in [0.2, 0.25) is 0 Å². The fraction of sp³-hybridized carbons (Fsp3) is 0.308. The van der Waals surface area contributed by atoms with Crippen molar-refractivity contribution in [3.63, 3.8) is 0 Å². The Morgan fingerprint density at radius 1 is 1.33 bits per heavy atom. The summed E-state index contributed by atoms with van der Waals surface area (Å²) >= 11 is 12.2. The van der Waals surface area contributed by atoms with Crippen molar-refractivity contribution in [2.24, 2.45) is 0 Å². The zero-order valence-electron chi connectivity index (χ0n) is 10.2. The summed E-state index contributed by atoms with van der Waals surface area (Å²) in [5, 5.41) is 8.84. The zero-order valence-corrected chi connectivity index (χ0v) is 11.7. The van der Waals surface area contributed by atoms with Crippen LogP contribution < -0.4 is 5.32 Å². The summed E-state index contributed by atoms with van der Waals surface area (Å²) in [6.45, 7) is 3.88. The predicted octanol–water partition coefficient (Wildman–Crippen LogP) is 3.68. The minimum atomic E-state index is 0.599. The Morgan fingerprint density at radius 3 is 2.83 bits per heavy atom. The summed E-state index contributed by atoms with van der Waals surface area (Å²) in [4.78, 5) is 0. The van der Waals surface area contributed by atoms with Crippen molar-refractivity contribution < 1.29 is 0 Å². The van der Waals surface area contributed by atoms with E-state index < -0.39 is 0 Å². The second-order valence-electron chi connectivity index (χ2n) is 4.03. The molecule has 0 atom stereocenters. The molecule has 0 unspecified atom stereocenters. The number of halogens is 2. The van der Waals surface area contributed by atoms with Crippen LogP contribution in [-0.2, 0) is 6.54 Å². The fourth-order valence-electron chi connectivity index (χ4n) is 1.78.